The lowest BCUT2D eigenvalue weighted by Crippen LogP contribution is -2.51. The molecule has 1 aliphatic carbocycles. The molecule has 1 aliphatic rings. The summed E-state index contributed by atoms with van der Waals surface area (Å²) in [7, 11) is 0. The van der Waals surface area contributed by atoms with Gasteiger partial charge in [-0.05, 0) is 37.0 Å². The topological polar surface area (TPSA) is 84.2 Å². The van der Waals surface area contributed by atoms with Crippen LogP contribution >= 0.6 is 12.4 Å². The van der Waals surface area contributed by atoms with Crippen molar-refractivity contribution in [1.82, 2.24) is 5.32 Å². The van der Waals surface area contributed by atoms with Gasteiger partial charge < -0.3 is 16.4 Å². The molecule has 0 aliphatic heterocycles. The Balaban J connectivity index is 0.00000264. The van der Waals surface area contributed by atoms with Crippen molar-refractivity contribution in [2.24, 2.45) is 5.73 Å². The number of nitrogens with two attached hydrogens (primary N) is 1. The Hall–Kier alpha value is -1.59. The highest BCUT2D eigenvalue weighted by atomic mass is 35.5. The molecule has 2 rings (SSSR count). The van der Waals surface area contributed by atoms with Crippen molar-refractivity contribution in [1.29, 1.82) is 0 Å². The number of benzene rings is 1. The number of halogens is 1. The van der Waals surface area contributed by atoms with Crippen LogP contribution in [0.5, 0.6) is 0 Å². The van der Waals surface area contributed by atoms with Crippen LogP contribution in [-0.2, 0) is 16.1 Å². The molecule has 0 spiro atoms. The van der Waals surface area contributed by atoms with Gasteiger partial charge in [-0.3, -0.25) is 9.59 Å². The van der Waals surface area contributed by atoms with Crippen LogP contribution in [-0.4, -0.2) is 17.4 Å². The predicted octanol–water partition coefficient (Wildman–Crippen LogP) is 2.73. The number of carbonyl (C=O) groups is 2. The molecule has 0 aromatic heterocycles. The average Bonchev–Trinajstić information content (AvgIpc) is 2.94. The predicted molar refractivity (Wildman–Crippen MR) is 94.5 cm³/mol. The van der Waals surface area contributed by atoms with Gasteiger partial charge in [-0.2, -0.15) is 0 Å². The molecule has 0 radical (unpaired) electrons. The summed E-state index contributed by atoms with van der Waals surface area (Å²) in [6.07, 6.45) is 4.93. The maximum Gasteiger partial charge on any atom is 0.240 e. The van der Waals surface area contributed by atoms with Crippen LogP contribution in [0.4, 0.5) is 5.69 Å². The first kappa shape index (κ1) is 19.5. The zero-order valence-electron chi connectivity index (χ0n) is 13.6. The van der Waals surface area contributed by atoms with E-state index in [0.29, 0.717) is 13.0 Å². The minimum atomic E-state index is -0.686. The number of rotatable bonds is 6. The standard InChI is InChI=1S/C17H25N3O2.ClH/c1-2-5-15(21)20-14-8-6-13(7-9-14)12-19-16(22)17(18)10-3-4-11-17;/h6-9H,2-5,10-12,18H2,1H3,(H,19,22)(H,20,21);1H. The number of nitrogens with one attached hydrogen (secondary N) is 2. The van der Waals surface area contributed by atoms with E-state index in [0.717, 1.165) is 43.4 Å². The van der Waals surface area contributed by atoms with Crippen molar-refractivity contribution in [3.05, 3.63) is 29.8 Å². The minimum absolute atomic E-state index is 0. The van der Waals surface area contributed by atoms with Crippen LogP contribution in [0.3, 0.4) is 0 Å². The van der Waals surface area contributed by atoms with E-state index in [1.165, 1.54) is 0 Å². The van der Waals surface area contributed by atoms with Gasteiger partial charge in [0.2, 0.25) is 11.8 Å². The van der Waals surface area contributed by atoms with Gasteiger partial charge in [-0.1, -0.05) is 31.9 Å². The van der Waals surface area contributed by atoms with E-state index in [1.54, 1.807) is 0 Å². The van der Waals surface area contributed by atoms with Crippen LogP contribution < -0.4 is 16.4 Å². The second-order valence-electron chi connectivity index (χ2n) is 6.04. The smallest absolute Gasteiger partial charge is 0.240 e. The lowest BCUT2D eigenvalue weighted by molar-refractivity contribution is -0.126. The summed E-state index contributed by atoms with van der Waals surface area (Å²) in [5, 5.41) is 5.75. The van der Waals surface area contributed by atoms with Crippen LogP contribution in [0.15, 0.2) is 24.3 Å². The number of carbonyl (C=O) groups excluding carboxylic acids is 2. The van der Waals surface area contributed by atoms with Crippen molar-refractivity contribution < 1.29 is 9.59 Å². The summed E-state index contributed by atoms with van der Waals surface area (Å²) in [6, 6.07) is 7.50. The summed E-state index contributed by atoms with van der Waals surface area (Å²) in [5.74, 6) is -0.0415. The highest BCUT2D eigenvalue weighted by Gasteiger charge is 2.36. The van der Waals surface area contributed by atoms with Crippen LogP contribution in [0.25, 0.3) is 0 Å². The van der Waals surface area contributed by atoms with E-state index < -0.39 is 5.54 Å². The van der Waals surface area contributed by atoms with Gasteiger partial charge in [0.25, 0.3) is 0 Å². The fourth-order valence-electron chi connectivity index (χ4n) is 2.75. The summed E-state index contributed by atoms with van der Waals surface area (Å²) in [4.78, 5) is 23.6. The van der Waals surface area contributed by atoms with Gasteiger partial charge in [0, 0.05) is 18.7 Å². The Morgan fingerprint density at radius 1 is 1.17 bits per heavy atom. The zero-order chi connectivity index (χ0) is 16.0. The molecule has 1 fully saturated rings. The summed E-state index contributed by atoms with van der Waals surface area (Å²) in [5.41, 5.74) is 7.19. The van der Waals surface area contributed by atoms with Gasteiger partial charge in [-0.25, -0.2) is 0 Å². The molecular weight excluding hydrogens is 314 g/mol. The molecule has 0 bridgehead atoms. The monoisotopic (exact) mass is 339 g/mol. The lowest BCUT2D eigenvalue weighted by atomic mass is 9.98. The van der Waals surface area contributed by atoms with Gasteiger partial charge in [0.1, 0.15) is 0 Å². The zero-order valence-corrected chi connectivity index (χ0v) is 14.4. The van der Waals surface area contributed by atoms with Gasteiger partial charge in [0.15, 0.2) is 0 Å². The maximum atomic E-state index is 12.1. The Morgan fingerprint density at radius 3 is 2.35 bits per heavy atom. The first-order valence-electron chi connectivity index (χ1n) is 7.99. The lowest BCUT2D eigenvalue weighted by Gasteiger charge is -2.22. The van der Waals surface area contributed by atoms with E-state index in [4.69, 9.17) is 5.73 Å². The Morgan fingerprint density at radius 2 is 1.78 bits per heavy atom. The molecule has 128 valence electrons. The second kappa shape index (κ2) is 8.89. The van der Waals surface area contributed by atoms with Crippen molar-refractivity contribution in [3.63, 3.8) is 0 Å². The normalized spacial score (nSPS) is 15.6. The van der Waals surface area contributed by atoms with Crippen LogP contribution in [0.1, 0.15) is 51.0 Å². The van der Waals surface area contributed by atoms with E-state index in [9.17, 15) is 9.59 Å². The third kappa shape index (κ3) is 5.52. The Bertz CT molecular complexity index is 525. The number of hydrogen-bond donors (Lipinski definition) is 3. The summed E-state index contributed by atoms with van der Waals surface area (Å²) < 4.78 is 0. The minimum Gasteiger partial charge on any atom is -0.350 e. The van der Waals surface area contributed by atoms with Crippen molar-refractivity contribution in [2.45, 2.75) is 57.5 Å². The van der Waals surface area contributed by atoms with Crippen molar-refractivity contribution >= 4 is 29.9 Å². The summed E-state index contributed by atoms with van der Waals surface area (Å²) >= 11 is 0. The highest BCUT2D eigenvalue weighted by molar-refractivity contribution is 5.90. The fraction of sp³-hybridized carbons (Fsp3) is 0.529. The Labute approximate surface area is 143 Å². The maximum absolute atomic E-state index is 12.1. The van der Waals surface area contributed by atoms with Crippen molar-refractivity contribution in [3.8, 4) is 0 Å². The molecule has 23 heavy (non-hydrogen) atoms. The summed E-state index contributed by atoms with van der Waals surface area (Å²) in [6.45, 7) is 2.43. The average molecular weight is 340 g/mol. The molecule has 0 heterocycles. The molecular formula is C17H26ClN3O2. The molecule has 1 saturated carbocycles. The molecule has 1 aromatic carbocycles. The van der Waals surface area contributed by atoms with E-state index >= 15 is 0 Å². The quantitative estimate of drug-likeness (QED) is 0.745. The van der Waals surface area contributed by atoms with E-state index in [-0.39, 0.29) is 24.2 Å². The molecule has 1 aromatic rings. The molecule has 5 nitrogen and oxygen atoms in total. The van der Waals surface area contributed by atoms with E-state index in [2.05, 4.69) is 10.6 Å². The Kier molecular flexibility index (Phi) is 7.52. The molecule has 0 saturated heterocycles. The number of anilines is 1. The molecule has 4 N–H and O–H groups in total. The molecule has 0 atom stereocenters. The first-order chi connectivity index (χ1) is 10.5. The van der Waals surface area contributed by atoms with Gasteiger partial charge >= 0.3 is 0 Å². The van der Waals surface area contributed by atoms with Gasteiger partial charge in [-0.15, -0.1) is 12.4 Å². The third-order valence-corrected chi connectivity index (χ3v) is 4.12. The van der Waals surface area contributed by atoms with E-state index in [1.807, 2.05) is 31.2 Å². The highest BCUT2D eigenvalue weighted by Crippen LogP contribution is 2.27. The number of amides is 2. The van der Waals surface area contributed by atoms with Gasteiger partial charge in [0.05, 0.1) is 5.54 Å². The first-order valence-corrected chi connectivity index (χ1v) is 7.99. The number of hydrogen-bond acceptors (Lipinski definition) is 3. The molecule has 2 amide bonds. The molecule has 6 heteroatoms. The largest absolute Gasteiger partial charge is 0.350 e. The molecule has 0 unspecified atom stereocenters. The third-order valence-electron chi connectivity index (χ3n) is 4.12. The SMILES string of the molecule is CCCC(=O)Nc1ccc(CNC(=O)C2(N)CCCC2)cc1.Cl. The fourth-order valence-corrected chi connectivity index (χ4v) is 2.75. The van der Waals surface area contributed by atoms with Crippen LogP contribution in [0.2, 0.25) is 0 Å². The second-order valence-corrected chi connectivity index (χ2v) is 6.04. The van der Waals surface area contributed by atoms with Crippen LogP contribution in [0, 0.1) is 0 Å². The van der Waals surface area contributed by atoms with Crippen molar-refractivity contribution in [2.75, 3.05) is 5.32 Å².